The zero-order chi connectivity index (χ0) is 15.9. The Morgan fingerprint density at radius 2 is 1.82 bits per heavy atom. The van der Waals surface area contributed by atoms with E-state index in [1.165, 1.54) is 0 Å². The van der Waals surface area contributed by atoms with Gasteiger partial charge >= 0.3 is 0 Å². The summed E-state index contributed by atoms with van der Waals surface area (Å²) in [5.74, 6) is -0.325. The van der Waals surface area contributed by atoms with Crippen molar-refractivity contribution in [3.8, 4) is 0 Å². The first-order valence-electron chi connectivity index (χ1n) is 7.53. The molecule has 1 aliphatic carbocycles. The van der Waals surface area contributed by atoms with Gasteiger partial charge in [-0.2, -0.15) is 0 Å². The summed E-state index contributed by atoms with van der Waals surface area (Å²) in [7, 11) is 0. The number of carbonyl (C=O) groups is 2. The van der Waals surface area contributed by atoms with Crippen LogP contribution in [-0.2, 0) is 9.59 Å². The molecule has 1 saturated heterocycles. The normalized spacial score (nSPS) is 27.5. The lowest BCUT2D eigenvalue weighted by Crippen LogP contribution is -2.51. The molecule has 0 spiro atoms. The molecule has 0 bridgehead atoms. The lowest BCUT2D eigenvalue weighted by atomic mass is 10.0. The van der Waals surface area contributed by atoms with Gasteiger partial charge in [-0.1, -0.05) is 23.2 Å². The molecule has 1 saturated carbocycles. The van der Waals surface area contributed by atoms with E-state index in [4.69, 9.17) is 28.9 Å². The molecule has 2 N–H and O–H groups in total. The highest BCUT2D eigenvalue weighted by atomic mass is 35.5. The van der Waals surface area contributed by atoms with Crippen LogP contribution in [0.1, 0.15) is 37.2 Å². The van der Waals surface area contributed by atoms with Crippen LogP contribution in [0, 0.1) is 5.92 Å². The average Bonchev–Trinajstić information content (AvgIpc) is 3.26. The molecule has 2 aliphatic rings. The van der Waals surface area contributed by atoms with E-state index in [0.717, 1.165) is 24.8 Å². The first kappa shape index (κ1) is 15.6. The Morgan fingerprint density at radius 1 is 1.14 bits per heavy atom. The lowest BCUT2D eigenvalue weighted by Gasteiger charge is -2.34. The molecule has 0 radical (unpaired) electrons. The van der Waals surface area contributed by atoms with E-state index in [0.29, 0.717) is 23.0 Å². The van der Waals surface area contributed by atoms with E-state index in [1.54, 1.807) is 11.0 Å². The minimum absolute atomic E-state index is 0.0320. The maximum absolute atomic E-state index is 12.7. The highest BCUT2D eigenvalue weighted by molar-refractivity contribution is 6.34. The van der Waals surface area contributed by atoms with Crippen LogP contribution in [0.25, 0.3) is 0 Å². The van der Waals surface area contributed by atoms with Crippen LogP contribution in [-0.4, -0.2) is 29.3 Å². The predicted octanol–water partition coefficient (Wildman–Crippen LogP) is 2.96. The number of hydrogen-bond acceptors (Lipinski definition) is 2. The Kier molecular flexibility index (Phi) is 4.33. The van der Waals surface area contributed by atoms with Gasteiger partial charge in [-0.15, -0.1) is 0 Å². The smallest absolute Gasteiger partial charge is 0.240 e. The van der Waals surface area contributed by atoms with Crippen LogP contribution in [0.3, 0.4) is 0 Å². The number of likely N-dealkylation sites (tertiary alicyclic amines) is 1. The molecular formula is C16H18Cl2N2O2. The molecule has 4 nitrogen and oxygen atoms in total. The van der Waals surface area contributed by atoms with Crippen molar-refractivity contribution in [3.63, 3.8) is 0 Å². The Morgan fingerprint density at radius 3 is 2.45 bits per heavy atom. The van der Waals surface area contributed by atoms with Crippen molar-refractivity contribution in [3.05, 3.63) is 33.8 Å². The van der Waals surface area contributed by atoms with Gasteiger partial charge in [-0.3, -0.25) is 9.59 Å². The van der Waals surface area contributed by atoms with E-state index < -0.39 is 11.9 Å². The number of piperidine rings is 1. The number of primary amides is 1. The van der Waals surface area contributed by atoms with Gasteiger partial charge < -0.3 is 10.6 Å². The van der Waals surface area contributed by atoms with Gasteiger partial charge in [-0.25, -0.2) is 0 Å². The Hall–Kier alpha value is -1.26. The van der Waals surface area contributed by atoms with E-state index in [9.17, 15) is 9.59 Å². The number of rotatable bonds is 3. The highest BCUT2D eigenvalue weighted by Gasteiger charge is 2.48. The fourth-order valence-corrected chi connectivity index (χ4v) is 3.87. The van der Waals surface area contributed by atoms with Gasteiger partial charge in [-0.05, 0) is 55.4 Å². The maximum atomic E-state index is 12.7. The summed E-state index contributed by atoms with van der Waals surface area (Å²) in [5, 5.41) is 1.15. The average molecular weight is 341 g/mol. The van der Waals surface area contributed by atoms with Crippen molar-refractivity contribution in [2.45, 2.75) is 37.6 Å². The largest absolute Gasteiger partial charge is 0.368 e. The van der Waals surface area contributed by atoms with E-state index in [-0.39, 0.29) is 17.7 Å². The van der Waals surface area contributed by atoms with Crippen molar-refractivity contribution < 1.29 is 9.59 Å². The van der Waals surface area contributed by atoms with Crippen LogP contribution < -0.4 is 5.73 Å². The second-order valence-corrected chi connectivity index (χ2v) is 6.97. The number of nitrogens with zero attached hydrogens (tertiary/aromatic N) is 1. The van der Waals surface area contributed by atoms with Crippen molar-refractivity contribution in [2.75, 3.05) is 6.54 Å². The van der Waals surface area contributed by atoms with Crippen LogP contribution in [0.4, 0.5) is 0 Å². The monoisotopic (exact) mass is 340 g/mol. The summed E-state index contributed by atoms with van der Waals surface area (Å²) in [6, 6.07) is 4.94. The topological polar surface area (TPSA) is 63.4 Å². The summed E-state index contributed by atoms with van der Waals surface area (Å²) in [5.41, 5.74) is 6.42. The summed E-state index contributed by atoms with van der Waals surface area (Å²) < 4.78 is 0. The minimum Gasteiger partial charge on any atom is -0.368 e. The number of nitrogens with two attached hydrogens (primary N) is 1. The summed E-state index contributed by atoms with van der Waals surface area (Å²) in [6.45, 7) is 0.617. The van der Waals surface area contributed by atoms with Crippen molar-refractivity contribution in [1.29, 1.82) is 0 Å². The number of amides is 2. The Bertz CT molecular complexity index is 600. The quantitative estimate of drug-likeness (QED) is 0.919. The van der Waals surface area contributed by atoms with Crippen LogP contribution in [0.15, 0.2) is 18.2 Å². The van der Waals surface area contributed by atoms with Gasteiger partial charge in [0.1, 0.15) is 6.04 Å². The third-order valence-electron chi connectivity index (χ3n) is 4.53. The van der Waals surface area contributed by atoms with Crippen LogP contribution in [0.2, 0.25) is 10.0 Å². The first-order valence-corrected chi connectivity index (χ1v) is 8.29. The maximum Gasteiger partial charge on any atom is 0.240 e. The third kappa shape index (κ3) is 3.08. The molecule has 1 aliphatic heterocycles. The van der Waals surface area contributed by atoms with Crippen LogP contribution >= 0.6 is 23.2 Å². The SMILES string of the molecule is NC(=O)[C@@H]1CCCCN1C(=O)[C@@H]1C[C@@H]1c1cc(Cl)cc(Cl)c1. The summed E-state index contributed by atoms with van der Waals surface area (Å²) in [6.07, 6.45) is 3.31. The molecule has 0 unspecified atom stereocenters. The molecule has 3 atom stereocenters. The predicted molar refractivity (Wildman–Crippen MR) is 85.9 cm³/mol. The highest BCUT2D eigenvalue weighted by Crippen LogP contribution is 2.50. The van der Waals surface area contributed by atoms with Crippen molar-refractivity contribution in [1.82, 2.24) is 4.90 Å². The zero-order valence-corrected chi connectivity index (χ0v) is 13.6. The van der Waals surface area contributed by atoms with Gasteiger partial charge in [0.2, 0.25) is 11.8 Å². The van der Waals surface area contributed by atoms with E-state index >= 15 is 0 Å². The zero-order valence-electron chi connectivity index (χ0n) is 12.1. The standard InChI is InChI=1S/C16H18Cl2N2O2/c17-10-5-9(6-11(18)7-10)12-8-13(12)16(22)20-4-2-1-3-14(20)15(19)21/h5-7,12-14H,1-4,8H2,(H2,19,21)/t12-,13-,14+/m1/s1. The minimum atomic E-state index is -0.453. The fraction of sp³-hybridized carbons (Fsp3) is 0.500. The molecule has 1 aromatic rings. The van der Waals surface area contributed by atoms with Crippen molar-refractivity contribution in [2.24, 2.45) is 11.7 Å². The first-order chi connectivity index (χ1) is 10.5. The molecule has 1 heterocycles. The fourth-order valence-electron chi connectivity index (χ4n) is 3.33. The number of halogens is 2. The lowest BCUT2D eigenvalue weighted by molar-refractivity contribution is -0.142. The Labute approximate surface area is 139 Å². The molecule has 6 heteroatoms. The molecule has 118 valence electrons. The second-order valence-electron chi connectivity index (χ2n) is 6.10. The van der Waals surface area contributed by atoms with Gasteiger partial charge in [0, 0.05) is 22.5 Å². The number of carbonyl (C=O) groups excluding carboxylic acids is 2. The number of hydrogen-bond donors (Lipinski definition) is 1. The van der Waals surface area contributed by atoms with Gasteiger partial charge in [0.25, 0.3) is 0 Å². The second kappa shape index (κ2) is 6.09. The van der Waals surface area contributed by atoms with Gasteiger partial charge in [0.05, 0.1) is 0 Å². The number of benzene rings is 1. The van der Waals surface area contributed by atoms with Crippen molar-refractivity contribution >= 4 is 35.0 Å². The molecule has 2 fully saturated rings. The molecule has 3 rings (SSSR count). The third-order valence-corrected chi connectivity index (χ3v) is 4.97. The molecular weight excluding hydrogens is 323 g/mol. The summed E-state index contributed by atoms with van der Waals surface area (Å²) in [4.78, 5) is 25.9. The van der Waals surface area contributed by atoms with Crippen LogP contribution in [0.5, 0.6) is 0 Å². The molecule has 2 amide bonds. The molecule has 22 heavy (non-hydrogen) atoms. The Balaban J connectivity index is 1.73. The van der Waals surface area contributed by atoms with E-state index in [1.807, 2.05) is 12.1 Å². The van der Waals surface area contributed by atoms with Gasteiger partial charge in [0.15, 0.2) is 0 Å². The molecule has 1 aromatic carbocycles. The molecule has 0 aromatic heterocycles. The summed E-state index contributed by atoms with van der Waals surface area (Å²) >= 11 is 12.0. The van der Waals surface area contributed by atoms with E-state index in [2.05, 4.69) is 0 Å².